The van der Waals surface area contributed by atoms with E-state index in [1.54, 1.807) is 0 Å². The van der Waals surface area contributed by atoms with Gasteiger partial charge in [0.25, 0.3) is 0 Å². The van der Waals surface area contributed by atoms with Gasteiger partial charge in [-0.05, 0) is 26.5 Å². The number of likely N-dealkylation sites (N-methyl/N-ethyl adjacent to an activating group) is 1. The number of nitrogens with two attached hydrogens (primary N) is 1. The van der Waals surface area contributed by atoms with Crippen molar-refractivity contribution >= 4 is 5.82 Å². The first-order valence-electron chi connectivity index (χ1n) is 5.77. The number of nitrogen functional groups attached to an aromatic ring is 1. The second kappa shape index (κ2) is 4.84. The van der Waals surface area contributed by atoms with Crippen molar-refractivity contribution in [2.75, 3.05) is 25.9 Å². The summed E-state index contributed by atoms with van der Waals surface area (Å²) in [7, 11) is 2.14. The summed E-state index contributed by atoms with van der Waals surface area (Å²) in [6.45, 7) is 4.86. The Kier molecular flexibility index (Phi) is 3.46. The molecule has 0 radical (unpaired) electrons. The molecule has 1 aliphatic heterocycles. The minimum absolute atomic E-state index is 0.340. The highest BCUT2D eigenvalue weighted by Crippen LogP contribution is 2.17. The Morgan fingerprint density at radius 3 is 3.06 bits per heavy atom. The van der Waals surface area contributed by atoms with Crippen LogP contribution in [0.15, 0.2) is 12.3 Å². The van der Waals surface area contributed by atoms with Crippen LogP contribution in [0.3, 0.4) is 0 Å². The fourth-order valence-corrected chi connectivity index (χ4v) is 2.23. The molecule has 5 nitrogen and oxygen atoms in total. The first-order valence-corrected chi connectivity index (χ1v) is 5.77. The minimum Gasteiger partial charge on any atom is -0.382 e. The number of ether oxygens (including phenoxy) is 1. The molecule has 90 valence electrons. The van der Waals surface area contributed by atoms with Crippen molar-refractivity contribution in [1.29, 1.82) is 0 Å². The van der Waals surface area contributed by atoms with Crippen LogP contribution < -0.4 is 5.73 Å². The van der Waals surface area contributed by atoms with E-state index in [1.165, 1.54) is 0 Å². The largest absolute Gasteiger partial charge is 0.382 e. The third kappa shape index (κ3) is 2.54. The second-order valence-corrected chi connectivity index (χ2v) is 4.42. The summed E-state index contributed by atoms with van der Waals surface area (Å²) in [5.41, 5.74) is 5.56. The van der Waals surface area contributed by atoms with Crippen molar-refractivity contribution in [3.05, 3.63) is 12.3 Å². The van der Waals surface area contributed by atoms with Crippen molar-refractivity contribution in [1.82, 2.24) is 14.7 Å². The lowest BCUT2D eigenvalue weighted by Crippen LogP contribution is -2.38. The molecule has 0 spiro atoms. The molecule has 16 heavy (non-hydrogen) atoms. The fourth-order valence-electron chi connectivity index (χ4n) is 2.23. The molecule has 5 heteroatoms. The quantitative estimate of drug-likeness (QED) is 0.812. The maximum atomic E-state index is 5.56. The maximum absolute atomic E-state index is 5.56. The van der Waals surface area contributed by atoms with Gasteiger partial charge in [-0.25, -0.2) is 0 Å². The summed E-state index contributed by atoms with van der Waals surface area (Å²) >= 11 is 0. The highest BCUT2D eigenvalue weighted by molar-refractivity contribution is 5.23. The van der Waals surface area contributed by atoms with E-state index in [0.29, 0.717) is 18.0 Å². The van der Waals surface area contributed by atoms with Crippen LogP contribution >= 0.6 is 0 Å². The maximum Gasteiger partial charge on any atom is 0.145 e. The Balaban J connectivity index is 1.81. The smallest absolute Gasteiger partial charge is 0.145 e. The van der Waals surface area contributed by atoms with E-state index in [-0.39, 0.29) is 0 Å². The predicted molar refractivity (Wildman–Crippen MR) is 63.1 cm³/mol. The van der Waals surface area contributed by atoms with Crippen molar-refractivity contribution in [2.24, 2.45) is 0 Å². The van der Waals surface area contributed by atoms with Gasteiger partial charge in [0.2, 0.25) is 0 Å². The molecule has 1 saturated heterocycles. The normalized spacial score (nSPS) is 25.4. The number of nitrogens with zero attached hydrogens (tertiary/aromatic N) is 3. The van der Waals surface area contributed by atoms with Crippen LogP contribution in [0.4, 0.5) is 5.82 Å². The average Bonchev–Trinajstić information content (AvgIpc) is 2.84. The molecule has 0 aliphatic carbocycles. The molecule has 2 atom stereocenters. The van der Waals surface area contributed by atoms with Crippen molar-refractivity contribution in [3.8, 4) is 0 Å². The Hall–Kier alpha value is -1.07. The van der Waals surface area contributed by atoms with Gasteiger partial charge in [-0.2, -0.15) is 5.10 Å². The second-order valence-electron chi connectivity index (χ2n) is 4.42. The molecule has 1 aromatic heterocycles. The van der Waals surface area contributed by atoms with E-state index in [1.807, 2.05) is 16.9 Å². The standard InChI is InChI=1S/C11H20N4O/c1-9-10(4-8-16-9)14(2)6-7-15-5-3-11(12)13-15/h3,5,9-10H,4,6-8H2,1-2H3,(H2,12,13). The fraction of sp³-hybridized carbons (Fsp3) is 0.727. The predicted octanol–water partition coefficient (Wildman–Crippen LogP) is 0.574. The molecule has 2 rings (SSSR count). The molecule has 1 aliphatic rings. The van der Waals surface area contributed by atoms with E-state index in [9.17, 15) is 0 Å². The van der Waals surface area contributed by atoms with Crippen LogP contribution in [0.25, 0.3) is 0 Å². The third-order valence-electron chi connectivity index (χ3n) is 3.25. The molecule has 0 aromatic carbocycles. The Labute approximate surface area is 96.2 Å². The lowest BCUT2D eigenvalue weighted by molar-refractivity contribution is 0.0822. The Bertz CT molecular complexity index is 338. The summed E-state index contributed by atoms with van der Waals surface area (Å²) in [6.07, 6.45) is 3.38. The zero-order valence-corrected chi connectivity index (χ0v) is 9.97. The molecule has 0 amide bonds. The van der Waals surface area contributed by atoms with E-state index >= 15 is 0 Å². The number of hydrogen-bond acceptors (Lipinski definition) is 4. The monoisotopic (exact) mass is 224 g/mol. The van der Waals surface area contributed by atoms with Gasteiger partial charge in [0.1, 0.15) is 5.82 Å². The van der Waals surface area contributed by atoms with Crippen LogP contribution in [0.2, 0.25) is 0 Å². The van der Waals surface area contributed by atoms with Gasteiger partial charge in [-0.1, -0.05) is 0 Å². The first kappa shape index (κ1) is 11.4. The molecule has 0 saturated carbocycles. The summed E-state index contributed by atoms with van der Waals surface area (Å²) < 4.78 is 7.44. The minimum atomic E-state index is 0.340. The zero-order valence-electron chi connectivity index (χ0n) is 9.97. The van der Waals surface area contributed by atoms with Gasteiger partial charge in [0.05, 0.1) is 12.6 Å². The first-order chi connectivity index (χ1) is 7.66. The SMILES string of the molecule is CC1OCCC1N(C)CCn1ccc(N)n1. The number of anilines is 1. The van der Waals surface area contributed by atoms with Crippen molar-refractivity contribution < 1.29 is 4.74 Å². The number of aromatic nitrogens is 2. The molecular weight excluding hydrogens is 204 g/mol. The van der Waals surface area contributed by atoms with Gasteiger partial charge in [-0.3, -0.25) is 9.58 Å². The summed E-state index contributed by atoms with van der Waals surface area (Å²) in [6, 6.07) is 2.36. The Morgan fingerprint density at radius 1 is 1.69 bits per heavy atom. The highest BCUT2D eigenvalue weighted by atomic mass is 16.5. The molecular formula is C11H20N4O. The number of hydrogen-bond donors (Lipinski definition) is 1. The van der Waals surface area contributed by atoms with E-state index in [2.05, 4.69) is 24.0 Å². The van der Waals surface area contributed by atoms with Crippen LogP contribution in [0, 0.1) is 0 Å². The molecule has 2 heterocycles. The van der Waals surface area contributed by atoms with Crippen LogP contribution in [0.5, 0.6) is 0 Å². The summed E-state index contributed by atoms with van der Waals surface area (Å²) in [4.78, 5) is 2.34. The van der Waals surface area contributed by atoms with E-state index in [0.717, 1.165) is 26.1 Å². The third-order valence-corrected chi connectivity index (χ3v) is 3.25. The summed E-state index contributed by atoms with van der Waals surface area (Å²) in [5, 5.41) is 4.16. The van der Waals surface area contributed by atoms with Gasteiger partial charge in [-0.15, -0.1) is 0 Å². The van der Waals surface area contributed by atoms with E-state index in [4.69, 9.17) is 10.5 Å². The lowest BCUT2D eigenvalue weighted by atomic mass is 10.1. The topological polar surface area (TPSA) is 56.3 Å². The number of rotatable bonds is 4. The zero-order chi connectivity index (χ0) is 11.5. The Morgan fingerprint density at radius 2 is 2.50 bits per heavy atom. The van der Waals surface area contributed by atoms with Gasteiger partial charge in [0.15, 0.2) is 0 Å². The lowest BCUT2D eigenvalue weighted by Gasteiger charge is -2.26. The molecule has 2 N–H and O–H groups in total. The van der Waals surface area contributed by atoms with Gasteiger partial charge < -0.3 is 10.5 Å². The van der Waals surface area contributed by atoms with Crippen LogP contribution in [-0.2, 0) is 11.3 Å². The van der Waals surface area contributed by atoms with Crippen LogP contribution in [0.1, 0.15) is 13.3 Å². The van der Waals surface area contributed by atoms with Crippen molar-refractivity contribution in [2.45, 2.75) is 32.0 Å². The van der Waals surface area contributed by atoms with E-state index < -0.39 is 0 Å². The highest BCUT2D eigenvalue weighted by Gasteiger charge is 2.27. The molecule has 2 unspecified atom stereocenters. The molecule has 0 bridgehead atoms. The summed E-state index contributed by atoms with van der Waals surface area (Å²) in [5.74, 6) is 0.584. The van der Waals surface area contributed by atoms with Gasteiger partial charge in [0, 0.05) is 25.4 Å². The van der Waals surface area contributed by atoms with Gasteiger partial charge >= 0.3 is 0 Å². The molecule has 1 aromatic rings. The van der Waals surface area contributed by atoms with Crippen LogP contribution in [-0.4, -0.2) is 47.0 Å². The average molecular weight is 224 g/mol. The molecule has 1 fully saturated rings. The van der Waals surface area contributed by atoms with Crippen molar-refractivity contribution in [3.63, 3.8) is 0 Å².